The lowest BCUT2D eigenvalue weighted by atomic mass is 9.81. The standard InChI is InChI=1S/C20H24F3NO2/c1-18(2,3)26-17(25)24-13-11-19(4,12-14-24)10-9-15-5-7-16(8-6-15)20(21,22)23/h5-8H,11-14H2,1-4H3. The van der Waals surface area contributed by atoms with E-state index in [9.17, 15) is 18.0 Å². The van der Waals surface area contributed by atoms with Crippen molar-refractivity contribution in [3.63, 3.8) is 0 Å². The molecule has 1 aliphatic heterocycles. The summed E-state index contributed by atoms with van der Waals surface area (Å²) in [6.07, 6.45) is -3.28. The van der Waals surface area contributed by atoms with Gasteiger partial charge in [-0.05, 0) is 64.8 Å². The molecule has 0 atom stereocenters. The molecule has 6 heteroatoms. The molecule has 1 fully saturated rings. The maximum Gasteiger partial charge on any atom is 0.416 e. The van der Waals surface area contributed by atoms with Gasteiger partial charge in [-0.1, -0.05) is 11.8 Å². The molecule has 1 aromatic rings. The van der Waals surface area contributed by atoms with Crippen molar-refractivity contribution in [2.75, 3.05) is 13.1 Å². The minimum Gasteiger partial charge on any atom is -0.444 e. The first-order valence-corrected chi connectivity index (χ1v) is 8.56. The Hall–Kier alpha value is -2.16. The van der Waals surface area contributed by atoms with E-state index in [2.05, 4.69) is 11.8 Å². The van der Waals surface area contributed by atoms with Gasteiger partial charge < -0.3 is 9.64 Å². The number of halogens is 3. The molecule has 2 rings (SSSR count). The molecule has 26 heavy (non-hydrogen) atoms. The highest BCUT2D eigenvalue weighted by atomic mass is 19.4. The van der Waals surface area contributed by atoms with Crippen molar-refractivity contribution in [1.29, 1.82) is 0 Å². The van der Waals surface area contributed by atoms with E-state index in [4.69, 9.17) is 4.74 Å². The molecule has 0 N–H and O–H groups in total. The number of alkyl halides is 3. The van der Waals surface area contributed by atoms with E-state index in [-0.39, 0.29) is 11.5 Å². The van der Waals surface area contributed by atoms with Crippen LogP contribution in [0.4, 0.5) is 18.0 Å². The van der Waals surface area contributed by atoms with E-state index in [0.717, 1.165) is 12.1 Å². The van der Waals surface area contributed by atoms with Crippen molar-refractivity contribution in [3.8, 4) is 11.8 Å². The average Bonchev–Trinajstić information content (AvgIpc) is 2.51. The van der Waals surface area contributed by atoms with Crippen molar-refractivity contribution in [2.24, 2.45) is 5.41 Å². The minimum absolute atomic E-state index is 0.277. The molecule has 3 nitrogen and oxygen atoms in total. The van der Waals surface area contributed by atoms with Crippen LogP contribution < -0.4 is 0 Å². The number of carbonyl (C=O) groups is 1. The smallest absolute Gasteiger partial charge is 0.416 e. The summed E-state index contributed by atoms with van der Waals surface area (Å²) in [5.74, 6) is 6.13. The summed E-state index contributed by atoms with van der Waals surface area (Å²) in [7, 11) is 0. The summed E-state index contributed by atoms with van der Waals surface area (Å²) in [6, 6.07) is 4.85. The van der Waals surface area contributed by atoms with Gasteiger partial charge in [-0.15, -0.1) is 0 Å². The van der Waals surface area contributed by atoms with Crippen molar-refractivity contribution in [3.05, 3.63) is 35.4 Å². The second-order valence-electron chi connectivity index (χ2n) is 7.85. The lowest BCUT2D eigenvalue weighted by molar-refractivity contribution is -0.137. The van der Waals surface area contributed by atoms with Crippen LogP contribution in [0.25, 0.3) is 0 Å². The fourth-order valence-electron chi connectivity index (χ4n) is 2.60. The molecular formula is C20H24F3NO2. The van der Waals surface area contributed by atoms with Gasteiger partial charge in [-0.25, -0.2) is 4.79 Å². The molecule has 142 valence electrons. The topological polar surface area (TPSA) is 29.5 Å². The minimum atomic E-state index is -4.34. The fraction of sp³-hybridized carbons (Fsp3) is 0.550. The predicted molar refractivity (Wildman–Crippen MR) is 93.5 cm³/mol. The zero-order valence-corrected chi connectivity index (χ0v) is 15.5. The summed E-state index contributed by atoms with van der Waals surface area (Å²) < 4.78 is 43.1. The van der Waals surface area contributed by atoms with Gasteiger partial charge in [-0.3, -0.25) is 0 Å². The number of likely N-dealkylation sites (tertiary alicyclic amines) is 1. The van der Waals surface area contributed by atoms with Gasteiger partial charge in [0.05, 0.1) is 5.56 Å². The second-order valence-corrected chi connectivity index (χ2v) is 7.85. The third-order valence-electron chi connectivity index (χ3n) is 4.24. The van der Waals surface area contributed by atoms with Gasteiger partial charge in [0.25, 0.3) is 0 Å². The summed E-state index contributed by atoms with van der Waals surface area (Å²) in [4.78, 5) is 13.8. The van der Waals surface area contributed by atoms with Gasteiger partial charge in [0.15, 0.2) is 0 Å². The summed E-state index contributed by atoms with van der Waals surface area (Å²) in [6.45, 7) is 8.59. The molecule has 1 saturated heterocycles. The number of hydrogen-bond donors (Lipinski definition) is 0. The molecule has 0 radical (unpaired) electrons. The normalized spacial score (nSPS) is 17.3. The van der Waals surface area contributed by atoms with Crippen LogP contribution in [0.15, 0.2) is 24.3 Å². The third kappa shape index (κ3) is 5.69. The summed E-state index contributed by atoms with van der Waals surface area (Å²) in [5, 5.41) is 0. The number of rotatable bonds is 0. The largest absolute Gasteiger partial charge is 0.444 e. The highest BCUT2D eigenvalue weighted by Crippen LogP contribution is 2.31. The van der Waals surface area contributed by atoms with Gasteiger partial charge in [0.1, 0.15) is 5.60 Å². The zero-order valence-electron chi connectivity index (χ0n) is 15.5. The molecule has 0 aliphatic carbocycles. The molecule has 1 aromatic carbocycles. The number of carbonyl (C=O) groups excluding carboxylic acids is 1. The van der Waals surface area contributed by atoms with Gasteiger partial charge >= 0.3 is 12.3 Å². The molecule has 1 amide bonds. The van der Waals surface area contributed by atoms with E-state index >= 15 is 0 Å². The number of nitrogens with zero attached hydrogens (tertiary/aromatic N) is 1. The lowest BCUT2D eigenvalue weighted by Crippen LogP contribution is -2.44. The first-order chi connectivity index (χ1) is 11.9. The van der Waals surface area contributed by atoms with Crippen LogP contribution in [0, 0.1) is 17.3 Å². The van der Waals surface area contributed by atoms with E-state index in [1.54, 1.807) is 4.90 Å². The quantitative estimate of drug-likeness (QED) is 0.598. The van der Waals surface area contributed by atoms with Gasteiger partial charge in [-0.2, -0.15) is 13.2 Å². The number of hydrogen-bond acceptors (Lipinski definition) is 2. The monoisotopic (exact) mass is 367 g/mol. The van der Waals surface area contributed by atoms with Crippen LogP contribution in [0.2, 0.25) is 0 Å². The SMILES string of the molecule is CC1(C#Cc2ccc(C(F)(F)F)cc2)CCN(C(=O)OC(C)(C)C)CC1. The van der Waals surface area contributed by atoms with E-state index in [1.165, 1.54) is 12.1 Å². The number of benzene rings is 1. The van der Waals surface area contributed by atoms with Crippen molar-refractivity contribution in [1.82, 2.24) is 4.90 Å². The Morgan fingerprint density at radius 3 is 2.12 bits per heavy atom. The van der Waals surface area contributed by atoms with Gasteiger partial charge in [0.2, 0.25) is 0 Å². The molecule has 0 saturated carbocycles. The Labute approximate surface area is 152 Å². The molecule has 1 heterocycles. The van der Waals surface area contributed by atoms with Gasteiger partial charge in [0, 0.05) is 24.1 Å². The highest BCUT2D eigenvalue weighted by Gasteiger charge is 2.32. The maximum absolute atomic E-state index is 12.6. The molecule has 0 unspecified atom stereocenters. The van der Waals surface area contributed by atoms with Crippen LogP contribution in [0.3, 0.4) is 0 Å². The summed E-state index contributed by atoms with van der Waals surface area (Å²) >= 11 is 0. The number of amides is 1. The predicted octanol–water partition coefficient (Wildman–Crippen LogP) is 5.09. The Kier molecular flexibility index (Phi) is 5.60. The molecule has 0 aromatic heterocycles. The van der Waals surface area contributed by atoms with Crippen LogP contribution in [-0.4, -0.2) is 29.7 Å². The number of piperidine rings is 1. The molecule has 0 bridgehead atoms. The third-order valence-corrected chi connectivity index (χ3v) is 4.24. The molecule has 0 spiro atoms. The van der Waals surface area contributed by atoms with Crippen LogP contribution in [0.1, 0.15) is 51.7 Å². The first kappa shape index (κ1) is 20.2. The lowest BCUT2D eigenvalue weighted by Gasteiger charge is -2.36. The number of ether oxygens (including phenoxy) is 1. The van der Waals surface area contributed by atoms with E-state index in [1.807, 2.05) is 27.7 Å². The first-order valence-electron chi connectivity index (χ1n) is 8.56. The Morgan fingerprint density at radius 2 is 1.65 bits per heavy atom. The fourth-order valence-corrected chi connectivity index (χ4v) is 2.60. The highest BCUT2D eigenvalue weighted by molar-refractivity contribution is 5.68. The Balaban J connectivity index is 1.98. The second kappa shape index (κ2) is 7.22. The maximum atomic E-state index is 12.6. The molecule has 1 aliphatic rings. The molecular weight excluding hydrogens is 343 g/mol. The van der Waals surface area contributed by atoms with Crippen LogP contribution >= 0.6 is 0 Å². The van der Waals surface area contributed by atoms with Crippen LogP contribution in [-0.2, 0) is 10.9 Å². The van der Waals surface area contributed by atoms with Crippen molar-refractivity contribution < 1.29 is 22.7 Å². The van der Waals surface area contributed by atoms with Crippen LogP contribution in [0.5, 0.6) is 0 Å². The Bertz CT molecular complexity index is 698. The van der Waals surface area contributed by atoms with E-state index in [0.29, 0.717) is 31.5 Å². The summed E-state index contributed by atoms with van der Waals surface area (Å²) in [5.41, 5.74) is -0.935. The van der Waals surface area contributed by atoms with Crippen molar-refractivity contribution >= 4 is 6.09 Å². The van der Waals surface area contributed by atoms with E-state index < -0.39 is 17.3 Å². The van der Waals surface area contributed by atoms with Crippen molar-refractivity contribution in [2.45, 2.75) is 52.3 Å². The Morgan fingerprint density at radius 1 is 1.12 bits per heavy atom. The zero-order chi connectivity index (χ0) is 19.6. The average molecular weight is 367 g/mol.